The first-order valence-electron chi connectivity index (χ1n) is 8.71. The average Bonchev–Trinajstić information content (AvgIpc) is 2.98. The third-order valence-electron chi connectivity index (χ3n) is 5.10. The Kier molecular flexibility index (Phi) is 4.95. The largest absolute Gasteiger partial charge is 0.387 e. The lowest BCUT2D eigenvalue weighted by molar-refractivity contribution is 0.0997. The number of H-pyrrole nitrogens is 1. The number of hydrogen-bond acceptors (Lipinski definition) is 3. The Morgan fingerprint density at radius 1 is 1.19 bits per heavy atom. The summed E-state index contributed by atoms with van der Waals surface area (Å²) in [5, 5.41) is 13.1. The fraction of sp³-hybridized carbons (Fsp3) is 0.300. The number of fused-ring (bicyclic) bond motifs is 3. The van der Waals surface area contributed by atoms with Gasteiger partial charge in [-0.05, 0) is 41.5 Å². The molecular weight excluding hydrogens is 369 g/mol. The Bertz CT molecular complexity index is 940. The summed E-state index contributed by atoms with van der Waals surface area (Å²) >= 11 is 12.2. The number of nitrogens with one attached hydrogen (secondary N) is 1. The summed E-state index contributed by atoms with van der Waals surface area (Å²) in [6, 6.07) is 13.3. The predicted molar refractivity (Wildman–Crippen MR) is 107 cm³/mol. The van der Waals surface area contributed by atoms with E-state index in [9.17, 15) is 5.11 Å². The molecular formula is C20H21Cl2N3O. The molecule has 0 fully saturated rings. The van der Waals surface area contributed by atoms with E-state index in [1.165, 1.54) is 5.56 Å². The molecule has 3 aromatic rings. The summed E-state index contributed by atoms with van der Waals surface area (Å²) in [5.41, 5.74) is 10.4. The van der Waals surface area contributed by atoms with Crippen molar-refractivity contribution in [1.82, 2.24) is 9.88 Å². The van der Waals surface area contributed by atoms with E-state index in [1.54, 1.807) is 0 Å². The number of aromatic nitrogens is 1. The van der Waals surface area contributed by atoms with Gasteiger partial charge in [-0.3, -0.25) is 4.90 Å². The molecule has 1 aliphatic heterocycles. The summed E-state index contributed by atoms with van der Waals surface area (Å²) in [7, 11) is 0. The molecule has 0 saturated carbocycles. The van der Waals surface area contributed by atoms with Crippen LogP contribution in [0, 0.1) is 0 Å². The number of halogens is 2. The zero-order valence-electron chi connectivity index (χ0n) is 14.3. The highest BCUT2D eigenvalue weighted by Gasteiger charge is 2.29. The maximum absolute atomic E-state index is 10.6. The van der Waals surface area contributed by atoms with E-state index in [0.29, 0.717) is 18.1 Å². The number of nitrogens with zero attached hydrogens (tertiary/aromatic N) is 1. The molecule has 0 spiro atoms. The second-order valence-electron chi connectivity index (χ2n) is 6.90. The number of aliphatic hydroxyl groups is 1. The van der Waals surface area contributed by atoms with Crippen LogP contribution in [0.25, 0.3) is 10.9 Å². The molecule has 2 atom stereocenters. The fourth-order valence-corrected chi connectivity index (χ4v) is 4.29. The van der Waals surface area contributed by atoms with Crippen LogP contribution in [0.15, 0.2) is 42.5 Å². The summed E-state index contributed by atoms with van der Waals surface area (Å²) in [6.07, 6.45) is -0.590. The third kappa shape index (κ3) is 3.36. The number of nitrogens with two attached hydrogens (primary N) is 1. The van der Waals surface area contributed by atoms with Crippen molar-refractivity contribution in [3.05, 3.63) is 69.3 Å². The second-order valence-corrected chi connectivity index (χ2v) is 7.78. The van der Waals surface area contributed by atoms with Gasteiger partial charge in [-0.1, -0.05) is 35.3 Å². The zero-order valence-corrected chi connectivity index (χ0v) is 15.8. The highest BCUT2D eigenvalue weighted by molar-refractivity contribution is 6.31. The van der Waals surface area contributed by atoms with Gasteiger partial charge in [0.25, 0.3) is 0 Å². The van der Waals surface area contributed by atoms with Gasteiger partial charge in [0.2, 0.25) is 0 Å². The van der Waals surface area contributed by atoms with E-state index >= 15 is 0 Å². The minimum absolute atomic E-state index is 0.206. The molecule has 0 saturated heterocycles. The molecule has 4 rings (SSSR count). The van der Waals surface area contributed by atoms with Gasteiger partial charge in [-0.2, -0.15) is 0 Å². The van der Waals surface area contributed by atoms with Crippen LogP contribution in [-0.2, 0) is 6.54 Å². The van der Waals surface area contributed by atoms with E-state index in [-0.39, 0.29) is 5.92 Å². The summed E-state index contributed by atoms with van der Waals surface area (Å²) in [5.74, 6) is 0.206. The van der Waals surface area contributed by atoms with Crippen molar-refractivity contribution in [2.24, 2.45) is 5.73 Å². The van der Waals surface area contributed by atoms with Gasteiger partial charge in [-0.25, -0.2) is 0 Å². The molecule has 2 heterocycles. The van der Waals surface area contributed by atoms with E-state index in [0.717, 1.165) is 40.3 Å². The van der Waals surface area contributed by atoms with E-state index in [2.05, 4.69) is 9.88 Å². The Balaban J connectivity index is 1.61. The Hall–Kier alpha value is -1.56. The van der Waals surface area contributed by atoms with Crippen molar-refractivity contribution in [3.63, 3.8) is 0 Å². The van der Waals surface area contributed by atoms with Crippen molar-refractivity contribution in [3.8, 4) is 0 Å². The Morgan fingerprint density at radius 3 is 2.77 bits per heavy atom. The molecule has 0 amide bonds. The molecule has 2 aromatic carbocycles. The van der Waals surface area contributed by atoms with Crippen LogP contribution in [0.4, 0.5) is 0 Å². The van der Waals surface area contributed by atoms with Gasteiger partial charge in [0.15, 0.2) is 0 Å². The van der Waals surface area contributed by atoms with E-state index in [4.69, 9.17) is 28.9 Å². The number of aromatic amines is 1. The smallest absolute Gasteiger partial charge is 0.0917 e. The van der Waals surface area contributed by atoms with Crippen LogP contribution < -0.4 is 5.73 Å². The van der Waals surface area contributed by atoms with Crippen LogP contribution in [0.5, 0.6) is 0 Å². The lowest BCUT2D eigenvalue weighted by Crippen LogP contribution is -2.38. The van der Waals surface area contributed by atoms with Gasteiger partial charge in [-0.15, -0.1) is 0 Å². The molecule has 136 valence electrons. The summed E-state index contributed by atoms with van der Waals surface area (Å²) in [6.45, 7) is 2.64. The van der Waals surface area contributed by atoms with Crippen LogP contribution in [-0.4, -0.2) is 34.6 Å². The first-order chi connectivity index (χ1) is 12.5. The first kappa shape index (κ1) is 17.8. The molecule has 1 aliphatic rings. The molecule has 4 nitrogen and oxygen atoms in total. The van der Waals surface area contributed by atoms with Crippen molar-refractivity contribution in [2.45, 2.75) is 18.6 Å². The maximum atomic E-state index is 10.6. The topological polar surface area (TPSA) is 65.3 Å². The fourth-order valence-electron chi connectivity index (χ4n) is 3.92. The summed E-state index contributed by atoms with van der Waals surface area (Å²) in [4.78, 5) is 5.74. The number of hydrogen-bond donors (Lipinski definition) is 3. The lowest BCUT2D eigenvalue weighted by atomic mass is 9.91. The van der Waals surface area contributed by atoms with Crippen molar-refractivity contribution < 1.29 is 5.11 Å². The standard InChI is InChI=1S/C20H21Cl2N3O/c21-14-3-1-2-12(6-14)19(26)11-25-9-13(8-23)20-16-7-15(22)4-5-17(16)24-18(20)10-25/h1-7,13,19,24,26H,8-11,23H2. The first-order valence-corrected chi connectivity index (χ1v) is 9.46. The molecule has 2 unspecified atom stereocenters. The summed E-state index contributed by atoms with van der Waals surface area (Å²) < 4.78 is 0. The second kappa shape index (κ2) is 7.22. The predicted octanol–water partition coefficient (Wildman–Crippen LogP) is 4.07. The number of β-amino-alcohol motifs (C(OH)–C–C–N with tert-alkyl or cyclic N) is 1. The van der Waals surface area contributed by atoms with Gasteiger partial charge in [0, 0.05) is 58.7 Å². The third-order valence-corrected chi connectivity index (χ3v) is 5.57. The van der Waals surface area contributed by atoms with E-state index in [1.807, 2.05) is 42.5 Å². The Labute approximate surface area is 162 Å². The lowest BCUT2D eigenvalue weighted by Gasteiger charge is -2.33. The SMILES string of the molecule is NCC1CN(CC(O)c2cccc(Cl)c2)Cc2[nH]c3ccc(Cl)cc3c21. The number of benzene rings is 2. The number of rotatable bonds is 4. The minimum atomic E-state index is -0.590. The van der Waals surface area contributed by atoms with Crippen molar-refractivity contribution in [2.75, 3.05) is 19.6 Å². The molecule has 0 bridgehead atoms. The molecule has 1 aromatic heterocycles. The highest BCUT2D eigenvalue weighted by Crippen LogP contribution is 2.36. The van der Waals surface area contributed by atoms with Gasteiger partial charge in [0.05, 0.1) is 6.10 Å². The van der Waals surface area contributed by atoms with Crippen molar-refractivity contribution in [1.29, 1.82) is 0 Å². The molecule has 6 heteroatoms. The van der Waals surface area contributed by atoms with Crippen molar-refractivity contribution >= 4 is 34.1 Å². The average molecular weight is 390 g/mol. The van der Waals surface area contributed by atoms with Crippen LogP contribution in [0.2, 0.25) is 10.0 Å². The number of aliphatic hydroxyl groups excluding tert-OH is 1. The molecule has 26 heavy (non-hydrogen) atoms. The zero-order chi connectivity index (χ0) is 18.3. The van der Waals surface area contributed by atoms with Crippen LogP contribution in [0.3, 0.4) is 0 Å². The van der Waals surface area contributed by atoms with Crippen LogP contribution >= 0.6 is 23.2 Å². The maximum Gasteiger partial charge on any atom is 0.0917 e. The van der Waals surface area contributed by atoms with Crippen LogP contribution in [0.1, 0.15) is 28.8 Å². The van der Waals surface area contributed by atoms with Gasteiger partial charge in [0.1, 0.15) is 0 Å². The molecule has 4 N–H and O–H groups in total. The van der Waals surface area contributed by atoms with Gasteiger partial charge >= 0.3 is 0 Å². The highest BCUT2D eigenvalue weighted by atomic mass is 35.5. The van der Waals surface area contributed by atoms with Gasteiger partial charge < -0.3 is 15.8 Å². The quantitative estimate of drug-likeness (QED) is 0.629. The normalized spacial score (nSPS) is 18.8. The minimum Gasteiger partial charge on any atom is -0.387 e. The monoisotopic (exact) mass is 389 g/mol. The molecule has 0 aliphatic carbocycles. The van der Waals surface area contributed by atoms with E-state index < -0.39 is 6.10 Å². The molecule has 0 radical (unpaired) electrons. The Morgan fingerprint density at radius 2 is 2.00 bits per heavy atom.